The van der Waals surface area contributed by atoms with E-state index in [4.69, 9.17) is 23.7 Å². The van der Waals surface area contributed by atoms with E-state index in [1.807, 2.05) is 55.4 Å². The molecule has 6 heteroatoms. The van der Waals surface area contributed by atoms with Gasteiger partial charge in [-0.25, -0.2) is 0 Å². The molecule has 6 nitrogen and oxygen atoms in total. The minimum atomic E-state index is -0.611. The van der Waals surface area contributed by atoms with E-state index in [1.165, 1.54) is 0 Å². The minimum absolute atomic E-state index is 0.0105. The van der Waals surface area contributed by atoms with E-state index in [0.29, 0.717) is 0 Å². The molecule has 1 rings (SSSR count). The Morgan fingerprint density at radius 3 is 1.50 bits per heavy atom. The Morgan fingerprint density at radius 1 is 0.667 bits per heavy atom. The standard InChI is InChI=1S/C18H36O6/c1-10(2)20-15-14(9-19)24-18(23-13(7)8)17(22-12(5)6)16(15)21-11(3)4/h10-19H,9H2,1-8H3/t14?,15-,16-,17?,18+/m0/s1. The van der Waals surface area contributed by atoms with Crippen LogP contribution < -0.4 is 0 Å². The van der Waals surface area contributed by atoms with Gasteiger partial charge in [0.1, 0.15) is 24.4 Å². The zero-order valence-electron chi connectivity index (χ0n) is 16.4. The third-order valence-electron chi connectivity index (χ3n) is 3.47. The van der Waals surface area contributed by atoms with Gasteiger partial charge in [-0.1, -0.05) is 0 Å². The van der Waals surface area contributed by atoms with Gasteiger partial charge in [0.05, 0.1) is 31.0 Å². The molecule has 5 atom stereocenters. The zero-order valence-corrected chi connectivity index (χ0v) is 16.4. The first-order valence-corrected chi connectivity index (χ1v) is 9.03. The van der Waals surface area contributed by atoms with Gasteiger partial charge in [-0.2, -0.15) is 0 Å². The highest BCUT2D eigenvalue weighted by Gasteiger charge is 2.49. The number of ether oxygens (including phenoxy) is 5. The predicted molar refractivity (Wildman–Crippen MR) is 92.0 cm³/mol. The van der Waals surface area contributed by atoms with Crippen molar-refractivity contribution in [2.45, 2.75) is 111 Å². The highest BCUT2D eigenvalue weighted by Crippen LogP contribution is 2.31. The molecule has 0 spiro atoms. The summed E-state index contributed by atoms with van der Waals surface area (Å²) in [6.07, 6.45) is -2.45. The fourth-order valence-electron chi connectivity index (χ4n) is 2.81. The number of aliphatic hydroxyl groups is 1. The Balaban J connectivity index is 3.13. The van der Waals surface area contributed by atoms with Crippen molar-refractivity contribution in [2.24, 2.45) is 0 Å². The molecule has 0 aliphatic carbocycles. The van der Waals surface area contributed by atoms with Crippen molar-refractivity contribution in [3.05, 3.63) is 0 Å². The number of rotatable bonds is 9. The van der Waals surface area contributed by atoms with E-state index in [2.05, 4.69) is 0 Å². The van der Waals surface area contributed by atoms with E-state index < -0.39 is 24.6 Å². The summed E-state index contributed by atoms with van der Waals surface area (Å²) in [7, 11) is 0. The molecule has 2 unspecified atom stereocenters. The van der Waals surface area contributed by atoms with Crippen LogP contribution in [-0.4, -0.2) is 66.8 Å². The summed E-state index contributed by atoms with van der Waals surface area (Å²) >= 11 is 0. The second-order valence-corrected chi connectivity index (χ2v) is 7.36. The van der Waals surface area contributed by atoms with Gasteiger partial charge < -0.3 is 28.8 Å². The lowest BCUT2D eigenvalue weighted by Crippen LogP contribution is -2.63. The van der Waals surface area contributed by atoms with Crippen molar-refractivity contribution in [3.8, 4) is 0 Å². The summed E-state index contributed by atoms with van der Waals surface area (Å²) in [6.45, 7) is 15.5. The molecule has 1 fully saturated rings. The predicted octanol–water partition coefficient (Wildman–Crippen LogP) is 2.51. The Hall–Kier alpha value is -0.240. The third kappa shape index (κ3) is 6.58. The maximum absolute atomic E-state index is 9.79. The topological polar surface area (TPSA) is 66.4 Å². The van der Waals surface area contributed by atoms with Gasteiger partial charge in [0.15, 0.2) is 6.29 Å². The van der Waals surface area contributed by atoms with Gasteiger partial charge in [0.25, 0.3) is 0 Å². The molecule has 0 amide bonds. The summed E-state index contributed by atoms with van der Waals surface area (Å²) in [5.74, 6) is 0. The number of hydrogen-bond acceptors (Lipinski definition) is 6. The summed E-state index contributed by atoms with van der Waals surface area (Å²) in [5, 5.41) is 9.79. The molecule has 144 valence electrons. The summed E-state index contributed by atoms with van der Waals surface area (Å²) in [4.78, 5) is 0. The summed E-state index contributed by atoms with van der Waals surface area (Å²) in [5.41, 5.74) is 0. The smallest absolute Gasteiger partial charge is 0.187 e. The fraction of sp³-hybridized carbons (Fsp3) is 1.00. The molecule has 0 aromatic rings. The third-order valence-corrected chi connectivity index (χ3v) is 3.47. The Labute approximate surface area is 146 Å². The first-order valence-electron chi connectivity index (χ1n) is 9.03. The van der Waals surface area contributed by atoms with E-state index >= 15 is 0 Å². The van der Waals surface area contributed by atoms with E-state index in [-0.39, 0.29) is 37.1 Å². The first kappa shape index (κ1) is 21.8. The highest BCUT2D eigenvalue weighted by molar-refractivity contribution is 4.93. The number of hydrogen-bond donors (Lipinski definition) is 1. The molecule has 0 aromatic heterocycles. The van der Waals surface area contributed by atoms with Gasteiger partial charge in [-0.05, 0) is 55.4 Å². The maximum Gasteiger partial charge on any atom is 0.187 e. The summed E-state index contributed by atoms with van der Waals surface area (Å²) in [6, 6.07) is 0. The van der Waals surface area contributed by atoms with Gasteiger partial charge in [-0.15, -0.1) is 0 Å². The van der Waals surface area contributed by atoms with Crippen LogP contribution in [0, 0.1) is 0 Å². The second kappa shape index (κ2) is 10.0. The van der Waals surface area contributed by atoms with Crippen LogP contribution in [0.5, 0.6) is 0 Å². The van der Waals surface area contributed by atoms with E-state index in [0.717, 1.165) is 0 Å². The molecule has 1 aliphatic rings. The van der Waals surface area contributed by atoms with E-state index in [1.54, 1.807) is 0 Å². The van der Waals surface area contributed by atoms with Crippen LogP contribution in [-0.2, 0) is 23.7 Å². The van der Waals surface area contributed by atoms with Crippen LogP contribution in [0.25, 0.3) is 0 Å². The molecule has 1 saturated heterocycles. The second-order valence-electron chi connectivity index (χ2n) is 7.36. The first-order chi connectivity index (χ1) is 11.1. The lowest BCUT2D eigenvalue weighted by Gasteiger charge is -2.47. The van der Waals surface area contributed by atoms with Crippen LogP contribution in [0.2, 0.25) is 0 Å². The lowest BCUT2D eigenvalue weighted by molar-refractivity contribution is -0.338. The van der Waals surface area contributed by atoms with Crippen LogP contribution in [0.15, 0.2) is 0 Å². The molecule has 24 heavy (non-hydrogen) atoms. The minimum Gasteiger partial charge on any atom is -0.394 e. The van der Waals surface area contributed by atoms with Crippen molar-refractivity contribution >= 4 is 0 Å². The van der Waals surface area contributed by atoms with Crippen molar-refractivity contribution in [1.82, 2.24) is 0 Å². The quantitative estimate of drug-likeness (QED) is 0.691. The molecule has 0 saturated carbocycles. The van der Waals surface area contributed by atoms with Gasteiger partial charge in [0.2, 0.25) is 0 Å². The molecule has 0 radical (unpaired) electrons. The largest absolute Gasteiger partial charge is 0.394 e. The molecule has 0 aromatic carbocycles. The Bertz CT molecular complexity index is 344. The number of aliphatic hydroxyl groups excluding tert-OH is 1. The van der Waals surface area contributed by atoms with Crippen LogP contribution in [0.3, 0.4) is 0 Å². The zero-order chi connectivity index (χ0) is 18.4. The molecule has 1 heterocycles. The molecule has 1 aliphatic heterocycles. The van der Waals surface area contributed by atoms with Crippen LogP contribution >= 0.6 is 0 Å². The van der Waals surface area contributed by atoms with Gasteiger partial charge in [0, 0.05) is 0 Å². The summed E-state index contributed by atoms with van der Waals surface area (Å²) < 4.78 is 30.1. The SMILES string of the molecule is CC(C)OC1[C@H](OC(C)C)OC(CO)[C@H](OC(C)C)[C@@H]1OC(C)C. The molecular formula is C18H36O6. The van der Waals surface area contributed by atoms with Crippen molar-refractivity contribution < 1.29 is 28.8 Å². The van der Waals surface area contributed by atoms with Gasteiger partial charge >= 0.3 is 0 Å². The molecule has 0 bridgehead atoms. The maximum atomic E-state index is 9.79. The average Bonchev–Trinajstić information content (AvgIpc) is 2.42. The van der Waals surface area contributed by atoms with Gasteiger partial charge in [-0.3, -0.25) is 0 Å². The van der Waals surface area contributed by atoms with Crippen LogP contribution in [0.4, 0.5) is 0 Å². The Kier molecular flexibility index (Phi) is 9.12. The van der Waals surface area contributed by atoms with Crippen LogP contribution in [0.1, 0.15) is 55.4 Å². The Morgan fingerprint density at radius 2 is 1.08 bits per heavy atom. The lowest BCUT2D eigenvalue weighted by atomic mass is 9.97. The monoisotopic (exact) mass is 348 g/mol. The average molecular weight is 348 g/mol. The van der Waals surface area contributed by atoms with Crippen molar-refractivity contribution in [2.75, 3.05) is 6.61 Å². The molecule has 1 N–H and O–H groups in total. The fourth-order valence-corrected chi connectivity index (χ4v) is 2.81. The van der Waals surface area contributed by atoms with Crippen molar-refractivity contribution in [3.63, 3.8) is 0 Å². The highest BCUT2D eigenvalue weighted by atomic mass is 16.7. The normalized spacial score (nSPS) is 31.6. The van der Waals surface area contributed by atoms with Crippen molar-refractivity contribution in [1.29, 1.82) is 0 Å². The molecular weight excluding hydrogens is 312 g/mol. The van der Waals surface area contributed by atoms with E-state index in [9.17, 15) is 5.11 Å².